The predicted molar refractivity (Wildman–Crippen MR) is 88.7 cm³/mol. The van der Waals surface area contributed by atoms with Crippen molar-refractivity contribution in [2.45, 2.75) is 38.8 Å². The van der Waals surface area contributed by atoms with Crippen LogP contribution < -0.4 is 4.74 Å². The molecule has 0 fully saturated rings. The first-order valence-corrected chi connectivity index (χ1v) is 8.29. The van der Waals surface area contributed by atoms with E-state index in [1.54, 1.807) is 7.11 Å². The summed E-state index contributed by atoms with van der Waals surface area (Å²) in [5.41, 5.74) is 1.73. The van der Waals surface area contributed by atoms with Crippen LogP contribution in [0.3, 0.4) is 0 Å². The number of hydrogen-bond acceptors (Lipinski definition) is 5. The highest BCUT2D eigenvalue weighted by molar-refractivity contribution is 5.65. The number of hydrogen-bond donors (Lipinski definition) is 0. The molecular weight excluding hydrogens is 304 g/mol. The Kier molecular flexibility index (Phi) is 3.98. The van der Waals surface area contributed by atoms with Crippen LogP contribution in [0.25, 0.3) is 11.3 Å². The van der Waals surface area contributed by atoms with Crippen LogP contribution in [-0.2, 0) is 19.5 Å². The summed E-state index contributed by atoms with van der Waals surface area (Å²) in [6, 6.07) is 7.82. The molecule has 0 saturated carbocycles. The van der Waals surface area contributed by atoms with Crippen molar-refractivity contribution < 1.29 is 4.74 Å². The number of methoxy groups -OCH3 is 1. The van der Waals surface area contributed by atoms with E-state index in [-0.39, 0.29) is 0 Å². The quantitative estimate of drug-likeness (QED) is 0.736. The molecule has 0 aliphatic carbocycles. The lowest BCUT2D eigenvalue weighted by Gasteiger charge is -2.06. The van der Waals surface area contributed by atoms with Crippen LogP contribution in [-0.4, -0.2) is 36.9 Å². The summed E-state index contributed by atoms with van der Waals surface area (Å²) in [5.74, 6) is 2.83. The van der Waals surface area contributed by atoms with Gasteiger partial charge in [0.2, 0.25) is 0 Å². The Hall–Kier alpha value is -2.70. The van der Waals surface area contributed by atoms with Gasteiger partial charge in [-0.25, -0.2) is 4.68 Å². The Labute approximate surface area is 140 Å². The fraction of sp³-hybridized carbons (Fsp3) is 0.412. The topological polar surface area (TPSA) is 70.7 Å². The third kappa shape index (κ3) is 2.77. The number of aryl methyl sites for hydroxylation is 1. The van der Waals surface area contributed by atoms with Crippen LogP contribution in [0.5, 0.6) is 5.75 Å². The van der Waals surface area contributed by atoms with Gasteiger partial charge in [-0.3, -0.25) is 0 Å². The smallest absolute Gasteiger partial charge is 0.154 e. The molecule has 0 amide bonds. The molecule has 0 atom stereocenters. The minimum absolute atomic E-state index is 0.579. The van der Waals surface area contributed by atoms with E-state index in [0.29, 0.717) is 6.54 Å². The lowest BCUT2D eigenvalue weighted by molar-refractivity contribution is 0.416. The molecule has 0 spiro atoms. The van der Waals surface area contributed by atoms with E-state index in [0.717, 1.165) is 41.6 Å². The Morgan fingerprint density at radius 3 is 2.92 bits per heavy atom. The molecule has 1 aromatic carbocycles. The van der Waals surface area contributed by atoms with Gasteiger partial charge in [-0.2, -0.15) is 0 Å². The number of nitrogens with zero attached hydrogens (tertiary/aromatic N) is 6. The van der Waals surface area contributed by atoms with Gasteiger partial charge in [0.1, 0.15) is 23.8 Å². The Morgan fingerprint density at radius 1 is 1.08 bits per heavy atom. The van der Waals surface area contributed by atoms with E-state index in [2.05, 4.69) is 25.1 Å². The van der Waals surface area contributed by atoms with Crippen molar-refractivity contribution in [2.24, 2.45) is 0 Å². The fourth-order valence-corrected chi connectivity index (χ4v) is 3.16. The van der Waals surface area contributed by atoms with E-state index in [1.807, 2.05) is 35.1 Å². The van der Waals surface area contributed by atoms with Crippen molar-refractivity contribution in [3.05, 3.63) is 42.1 Å². The molecule has 2 aromatic heterocycles. The molecule has 0 bridgehead atoms. The van der Waals surface area contributed by atoms with Gasteiger partial charge in [0.15, 0.2) is 5.82 Å². The molecular formula is C17H20N6O. The second kappa shape index (κ2) is 6.43. The minimum Gasteiger partial charge on any atom is -0.496 e. The van der Waals surface area contributed by atoms with Crippen LogP contribution in [0.1, 0.15) is 30.9 Å². The molecule has 1 aliphatic rings. The van der Waals surface area contributed by atoms with Crippen molar-refractivity contribution in [1.82, 2.24) is 29.8 Å². The number of ether oxygens (including phenoxy) is 1. The molecule has 7 heteroatoms. The van der Waals surface area contributed by atoms with Gasteiger partial charge < -0.3 is 9.30 Å². The molecule has 0 saturated heterocycles. The molecule has 3 aromatic rings. The van der Waals surface area contributed by atoms with Gasteiger partial charge in [0.25, 0.3) is 0 Å². The first-order chi connectivity index (χ1) is 11.8. The monoisotopic (exact) mass is 324 g/mol. The van der Waals surface area contributed by atoms with E-state index >= 15 is 0 Å². The third-order valence-electron chi connectivity index (χ3n) is 4.41. The maximum atomic E-state index is 5.40. The SMILES string of the molecule is COc1ccccc1-c1cn(Cc2nnc3n2CCCCC3)nn1. The average molecular weight is 324 g/mol. The van der Waals surface area contributed by atoms with Crippen molar-refractivity contribution in [3.8, 4) is 17.0 Å². The molecule has 0 N–H and O–H groups in total. The highest BCUT2D eigenvalue weighted by Crippen LogP contribution is 2.27. The number of rotatable bonds is 4. The van der Waals surface area contributed by atoms with Crippen LogP contribution in [0.15, 0.2) is 30.5 Å². The maximum absolute atomic E-state index is 5.40. The van der Waals surface area contributed by atoms with E-state index < -0.39 is 0 Å². The molecule has 0 radical (unpaired) electrons. The second-order valence-electron chi connectivity index (χ2n) is 6.00. The molecule has 1 aliphatic heterocycles. The van der Waals surface area contributed by atoms with Crippen molar-refractivity contribution in [1.29, 1.82) is 0 Å². The van der Waals surface area contributed by atoms with E-state index in [9.17, 15) is 0 Å². The van der Waals surface area contributed by atoms with Crippen LogP contribution in [0.4, 0.5) is 0 Å². The normalized spacial score (nSPS) is 14.2. The number of aromatic nitrogens is 6. The third-order valence-corrected chi connectivity index (χ3v) is 4.41. The largest absolute Gasteiger partial charge is 0.496 e. The van der Waals surface area contributed by atoms with Crippen molar-refractivity contribution in [2.75, 3.05) is 7.11 Å². The summed E-state index contributed by atoms with van der Waals surface area (Å²) in [7, 11) is 1.66. The van der Waals surface area contributed by atoms with Gasteiger partial charge >= 0.3 is 0 Å². The van der Waals surface area contributed by atoms with Gasteiger partial charge in [-0.15, -0.1) is 15.3 Å². The Morgan fingerprint density at radius 2 is 2.00 bits per heavy atom. The summed E-state index contributed by atoms with van der Waals surface area (Å²) < 4.78 is 9.44. The zero-order valence-corrected chi connectivity index (χ0v) is 13.7. The summed E-state index contributed by atoms with van der Waals surface area (Å²) in [4.78, 5) is 0. The van der Waals surface area contributed by atoms with Gasteiger partial charge in [-0.1, -0.05) is 23.8 Å². The van der Waals surface area contributed by atoms with E-state index in [4.69, 9.17) is 4.74 Å². The van der Waals surface area contributed by atoms with Crippen LogP contribution in [0, 0.1) is 0 Å². The molecule has 7 nitrogen and oxygen atoms in total. The first-order valence-electron chi connectivity index (χ1n) is 8.29. The molecule has 124 valence electrons. The Balaban J connectivity index is 1.59. The van der Waals surface area contributed by atoms with Gasteiger partial charge in [0.05, 0.1) is 13.3 Å². The van der Waals surface area contributed by atoms with Crippen LogP contribution in [0.2, 0.25) is 0 Å². The molecule has 3 heterocycles. The highest BCUT2D eigenvalue weighted by atomic mass is 16.5. The molecule has 0 unspecified atom stereocenters. The summed E-state index contributed by atoms with van der Waals surface area (Å²) >= 11 is 0. The second-order valence-corrected chi connectivity index (χ2v) is 6.00. The fourth-order valence-electron chi connectivity index (χ4n) is 3.16. The lowest BCUT2D eigenvalue weighted by Crippen LogP contribution is -2.10. The zero-order valence-electron chi connectivity index (χ0n) is 13.7. The minimum atomic E-state index is 0.579. The summed E-state index contributed by atoms with van der Waals surface area (Å²) in [6.45, 7) is 1.57. The summed E-state index contributed by atoms with van der Waals surface area (Å²) in [6.07, 6.45) is 6.57. The lowest BCUT2D eigenvalue weighted by atomic mass is 10.1. The number of benzene rings is 1. The van der Waals surface area contributed by atoms with Gasteiger partial charge in [-0.05, 0) is 25.0 Å². The predicted octanol–water partition coefficient (Wildman–Crippen LogP) is 2.32. The molecule has 24 heavy (non-hydrogen) atoms. The van der Waals surface area contributed by atoms with Crippen LogP contribution >= 0.6 is 0 Å². The number of fused-ring (bicyclic) bond motifs is 1. The van der Waals surface area contributed by atoms with Crippen molar-refractivity contribution >= 4 is 0 Å². The standard InChI is InChI=1S/C17H20N6O/c1-24-15-8-5-4-7-13(15)14-11-22(21-18-14)12-17-20-19-16-9-3-2-6-10-23(16)17/h4-5,7-8,11H,2-3,6,9-10,12H2,1H3. The van der Waals surface area contributed by atoms with Crippen molar-refractivity contribution in [3.63, 3.8) is 0 Å². The number of para-hydroxylation sites is 1. The summed E-state index contributed by atoms with van der Waals surface area (Å²) in [5, 5.41) is 17.2. The molecule has 4 rings (SSSR count). The highest BCUT2D eigenvalue weighted by Gasteiger charge is 2.16. The first kappa shape index (κ1) is 14.9. The van der Waals surface area contributed by atoms with E-state index in [1.165, 1.54) is 19.3 Å². The van der Waals surface area contributed by atoms with Gasteiger partial charge in [0, 0.05) is 18.5 Å². The zero-order chi connectivity index (χ0) is 16.4. The Bertz CT molecular complexity index is 837. The maximum Gasteiger partial charge on any atom is 0.154 e. The average Bonchev–Trinajstić information content (AvgIpc) is 3.16.